The molecule has 1 fully saturated rings. The fourth-order valence-corrected chi connectivity index (χ4v) is 4.35. The Hall–Kier alpha value is -3.90. The van der Waals surface area contributed by atoms with Crippen molar-refractivity contribution in [3.8, 4) is 11.8 Å². The van der Waals surface area contributed by atoms with E-state index < -0.39 is 11.6 Å². The quantitative estimate of drug-likeness (QED) is 0.211. The molecule has 0 amide bonds. The minimum Gasteiger partial charge on any atom is -0.460 e. The van der Waals surface area contributed by atoms with Crippen molar-refractivity contribution in [3.63, 3.8) is 0 Å². The number of nitriles is 1. The highest BCUT2D eigenvalue weighted by Crippen LogP contribution is 2.30. The molecule has 0 saturated carbocycles. The summed E-state index contributed by atoms with van der Waals surface area (Å²) in [5.41, 5.74) is 2.57. The van der Waals surface area contributed by atoms with E-state index in [0.717, 1.165) is 36.8 Å². The van der Waals surface area contributed by atoms with Gasteiger partial charge in [0.15, 0.2) is 17.4 Å². The number of piperazine rings is 1. The third-order valence-corrected chi connectivity index (χ3v) is 5.86. The van der Waals surface area contributed by atoms with Gasteiger partial charge in [-0.15, -0.1) is 0 Å². The maximum Gasteiger partial charge on any atom is 0.175 e. The second kappa shape index (κ2) is 10.2. The molecular formula is C26H28F2N6O. The Labute approximate surface area is 203 Å². The molecule has 0 aliphatic carbocycles. The number of ether oxygens (including phenoxy) is 1. The smallest absolute Gasteiger partial charge is 0.175 e. The van der Waals surface area contributed by atoms with Gasteiger partial charge in [-0.1, -0.05) is 0 Å². The first-order valence-electron chi connectivity index (χ1n) is 11.4. The van der Waals surface area contributed by atoms with Crippen molar-refractivity contribution in [3.05, 3.63) is 65.6 Å². The first kappa shape index (κ1) is 24.2. The van der Waals surface area contributed by atoms with Crippen LogP contribution in [0.15, 0.2) is 53.2 Å². The van der Waals surface area contributed by atoms with Gasteiger partial charge in [0.05, 0.1) is 5.52 Å². The molecule has 0 radical (unpaired) electrons. The predicted octanol–water partition coefficient (Wildman–Crippen LogP) is 4.87. The van der Waals surface area contributed by atoms with Crippen molar-refractivity contribution < 1.29 is 13.5 Å². The lowest BCUT2D eigenvalue weighted by Gasteiger charge is -2.37. The van der Waals surface area contributed by atoms with E-state index in [9.17, 15) is 14.0 Å². The molecule has 7 nitrogen and oxygen atoms in total. The molecule has 2 aromatic carbocycles. The van der Waals surface area contributed by atoms with Crippen molar-refractivity contribution in [2.45, 2.75) is 32.9 Å². The van der Waals surface area contributed by atoms with Crippen LogP contribution in [0.1, 0.15) is 19.5 Å². The SMILES string of the molecule is CN=C(Nc1ccc(N2CC(C)NC(C)C2)cc1)/C(C#N)=C/Oc1cc(F)c2[nH]c(C)cc2c1F. The minimum atomic E-state index is -0.714. The summed E-state index contributed by atoms with van der Waals surface area (Å²) in [6.45, 7) is 7.88. The van der Waals surface area contributed by atoms with Crippen LogP contribution < -0.4 is 20.3 Å². The van der Waals surface area contributed by atoms with E-state index in [-0.39, 0.29) is 28.1 Å². The summed E-state index contributed by atoms with van der Waals surface area (Å²) in [4.78, 5) is 9.25. The monoisotopic (exact) mass is 478 g/mol. The molecule has 1 saturated heterocycles. The van der Waals surface area contributed by atoms with E-state index in [1.165, 1.54) is 13.1 Å². The minimum absolute atomic E-state index is 0.0338. The van der Waals surface area contributed by atoms with Gasteiger partial charge in [-0.3, -0.25) is 4.99 Å². The molecule has 4 rings (SSSR count). The number of rotatable bonds is 5. The lowest BCUT2D eigenvalue weighted by molar-refractivity contribution is 0.407. The van der Waals surface area contributed by atoms with Gasteiger partial charge in [0.25, 0.3) is 0 Å². The topological polar surface area (TPSA) is 88.5 Å². The highest BCUT2D eigenvalue weighted by Gasteiger charge is 2.21. The summed E-state index contributed by atoms with van der Waals surface area (Å²) in [5.74, 6) is -1.44. The second-order valence-corrected chi connectivity index (χ2v) is 8.79. The van der Waals surface area contributed by atoms with Crippen molar-refractivity contribution in [1.82, 2.24) is 10.3 Å². The van der Waals surface area contributed by atoms with Crippen molar-refractivity contribution >= 4 is 28.1 Å². The third-order valence-electron chi connectivity index (χ3n) is 5.86. The molecule has 2 heterocycles. The summed E-state index contributed by atoms with van der Waals surface area (Å²) in [5, 5.41) is 16.3. The van der Waals surface area contributed by atoms with E-state index in [0.29, 0.717) is 17.8 Å². The molecule has 2 atom stereocenters. The van der Waals surface area contributed by atoms with Gasteiger partial charge in [-0.2, -0.15) is 5.26 Å². The Balaban J connectivity index is 1.50. The summed E-state index contributed by atoms with van der Waals surface area (Å²) < 4.78 is 34.6. The number of aryl methyl sites for hydroxylation is 1. The zero-order valence-corrected chi connectivity index (χ0v) is 20.1. The average molecular weight is 479 g/mol. The molecule has 3 N–H and O–H groups in total. The number of benzene rings is 2. The number of H-pyrrole nitrogens is 1. The molecule has 1 aliphatic rings. The maximum atomic E-state index is 14.8. The van der Waals surface area contributed by atoms with E-state index in [2.05, 4.69) is 39.4 Å². The van der Waals surface area contributed by atoms with Crippen molar-refractivity contribution in [2.24, 2.45) is 4.99 Å². The largest absolute Gasteiger partial charge is 0.460 e. The number of anilines is 2. The van der Waals surface area contributed by atoms with Crippen LogP contribution in [0, 0.1) is 29.9 Å². The number of aromatic nitrogens is 1. The predicted molar refractivity (Wildman–Crippen MR) is 135 cm³/mol. The highest BCUT2D eigenvalue weighted by molar-refractivity contribution is 6.10. The summed E-state index contributed by atoms with van der Waals surface area (Å²) in [7, 11) is 1.53. The van der Waals surface area contributed by atoms with Gasteiger partial charge in [0, 0.05) is 60.7 Å². The maximum absolute atomic E-state index is 14.8. The van der Waals surface area contributed by atoms with Crippen LogP contribution >= 0.6 is 0 Å². The average Bonchev–Trinajstić information content (AvgIpc) is 3.24. The van der Waals surface area contributed by atoms with E-state index in [1.54, 1.807) is 6.92 Å². The number of halogens is 2. The van der Waals surface area contributed by atoms with Gasteiger partial charge >= 0.3 is 0 Å². The summed E-state index contributed by atoms with van der Waals surface area (Å²) >= 11 is 0. The van der Waals surface area contributed by atoms with Gasteiger partial charge in [-0.05, 0) is 51.1 Å². The van der Waals surface area contributed by atoms with Crippen LogP contribution in [0.2, 0.25) is 0 Å². The standard InChI is InChI=1S/C26H28F2N6O/c1-15-9-21-24(28)23(10-22(27)25(21)32-15)35-14-18(11-29)26(30-4)33-19-5-7-20(8-6-19)34-12-16(2)31-17(3)13-34/h5-10,14,16-17,31-32H,12-13H2,1-4H3,(H,30,33)/b18-14+. The van der Waals surface area contributed by atoms with Crippen LogP contribution in [-0.2, 0) is 0 Å². The lowest BCUT2D eigenvalue weighted by atomic mass is 10.1. The fraction of sp³-hybridized carbons (Fsp3) is 0.308. The number of fused-ring (bicyclic) bond motifs is 1. The number of nitrogens with one attached hydrogen (secondary N) is 3. The Morgan fingerprint density at radius 1 is 1.20 bits per heavy atom. The number of nitrogens with zero attached hydrogens (tertiary/aromatic N) is 3. The lowest BCUT2D eigenvalue weighted by Crippen LogP contribution is -2.54. The highest BCUT2D eigenvalue weighted by atomic mass is 19.1. The van der Waals surface area contributed by atoms with Crippen molar-refractivity contribution in [1.29, 1.82) is 5.26 Å². The normalized spacial score (nSPS) is 19.1. The summed E-state index contributed by atoms with van der Waals surface area (Å²) in [6, 6.07) is 13.1. The molecule has 9 heteroatoms. The first-order chi connectivity index (χ1) is 16.8. The second-order valence-electron chi connectivity index (χ2n) is 8.79. The first-order valence-corrected chi connectivity index (χ1v) is 11.4. The Morgan fingerprint density at radius 2 is 1.89 bits per heavy atom. The summed E-state index contributed by atoms with van der Waals surface area (Å²) in [6.07, 6.45) is 1.07. The molecule has 1 aliphatic heterocycles. The van der Waals surface area contributed by atoms with Gasteiger partial charge in [0.2, 0.25) is 0 Å². The van der Waals surface area contributed by atoms with Crippen molar-refractivity contribution in [2.75, 3.05) is 30.4 Å². The molecule has 1 aromatic heterocycles. The Bertz CT molecular complexity index is 1310. The molecule has 0 spiro atoms. The van der Waals surface area contributed by atoms with Crippen LogP contribution in [0.4, 0.5) is 20.2 Å². The molecule has 35 heavy (non-hydrogen) atoms. The van der Waals surface area contributed by atoms with Gasteiger partial charge in [-0.25, -0.2) is 8.78 Å². The molecular weight excluding hydrogens is 450 g/mol. The number of hydrogen-bond donors (Lipinski definition) is 3. The zero-order chi connectivity index (χ0) is 25.1. The third kappa shape index (κ3) is 5.28. The number of amidine groups is 1. The van der Waals surface area contributed by atoms with E-state index in [4.69, 9.17) is 4.74 Å². The van der Waals surface area contributed by atoms with Crippen LogP contribution in [-0.4, -0.2) is 43.0 Å². The molecule has 0 bridgehead atoms. The number of aromatic amines is 1. The molecule has 3 aromatic rings. The van der Waals surface area contributed by atoms with Gasteiger partial charge < -0.3 is 25.3 Å². The van der Waals surface area contributed by atoms with Crippen LogP contribution in [0.5, 0.6) is 5.75 Å². The molecule has 182 valence electrons. The van der Waals surface area contributed by atoms with Gasteiger partial charge in [0.1, 0.15) is 23.7 Å². The number of hydrogen-bond acceptors (Lipinski definition) is 5. The number of aliphatic imine (C=N–C) groups is 1. The van der Waals surface area contributed by atoms with E-state index in [1.807, 2.05) is 30.3 Å². The zero-order valence-electron chi connectivity index (χ0n) is 20.1. The Morgan fingerprint density at radius 3 is 2.51 bits per heavy atom. The van der Waals surface area contributed by atoms with E-state index >= 15 is 0 Å². The molecule has 2 unspecified atom stereocenters. The fourth-order valence-electron chi connectivity index (χ4n) is 4.35. The Kier molecular flexibility index (Phi) is 7.03. The van der Waals surface area contributed by atoms with Crippen LogP contribution in [0.3, 0.4) is 0 Å². The van der Waals surface area contributed by atoms with Crippen LogP contribution in [0.25, 0.3) is 10.9 Å².